The molecule has 1 fully saturated rings. The molecule has 2 N–H and O–H groups in total. The number of nitrogens with zero attached hydrogens (tertiary/aromatic N) is 1. The second-order valence-corrected chi connectivity index (χ2v) is 6.18. The molecule has 1 aliphatic heterocycles. The molecule has 2 nitrogen and oxygen atoms in total. The summed E-state index contributed by atoms with van der Waals surface area (Å²) in [5.74, 6) is 2.45. The van der Waals surface area contributed by atoms with Gasteiger partial charge in [0.15, 0.2) is 0 Å². The summed E-state index contributed by atoms with van der Waals surface area (Å²) < 4.78 is 0. The molecule has 1 heterocycles. The number of halogens is 1. The van der Waals surface area contributed by atoms with E-state index in [-0.39, 0.29) is 6.04 Å². The highest BCUT2D eigenvalue weighted by atomic mass is 35.5. The van der Waals surface area contributed by atoms with Gasteiger partial charge in [-0.1, -0.05) is 17.7 Å². The van der Waals surface area contributed by atoms with Crippen molar-refractivity contribution in [2.45, 2.75) is 25.4 Å². The van der Waals surface area contributed by atoms with Crippen LogP contribution < -0.4 is 10.6 Å². The van der Waals surface area contributed by atoms with Crippen molar-refractivity contribution in [2.75, 3.05) is 23.5 Å². The Bertz CT molecular complexity index is 389. The summed E-state index contributed by atoms with van der Waals surface area (Å²) in [4.78, 5) is 2.30. The molecule has 2 rings (SSSR count). The van der Waals surface area contributed by atoms with Gasteiger partial charge in [0.25, 0.3) is 0 Å². The van der Waals surface area contributed by atoms with Gasteiger partial charge in [-0.25, -0.2) is 0 Å². The molecule has 0 aliphatic carbocycles. The number of hydrogen-bond donors (Lipinski definition) is 1. The summed E-state index contributed by atoms with van der Waals surface area (Å²) in [6.07, 6.45) is 1.24. The molecule has 0 bridgehead atoms. The lowest BCUT2D eigenvalue weighted by molar-refractivity contribution is 0.699. The van der Waals surface area contributed by atoms with Crippen LogP contribution in [0.15, 0.2) is 18.2 Å². The molecule has 0 radical (unpaired) electrons. The molecule has 1 aromatic rings. The number of benzene rings is 1. The van der Waals surface area contributed by atoms with Crippen molar-refractivity contribution < 1.29 is 0 Å². The van der Waals surface area contributed by atoms with Gasteiger partial charge in [-0.15, -0.1) is 0 Å². The molecule has 1 aromatic carbocycles. The predicted octanol–water partition coefficient (Wildman–Crippen LogP) is 3.30. The smallest absolute Gasteiger partial charge is 0.0642 e. The molecular weight excluding hydrogens is 252 g/mol. The topological polar surface area (TPSA) is 29.3 Å². The summed E-state index contributed by atoms with van der Waals surface area (Å²) in [6, 6.07) is 6.79. The van der Waals surface area contributed by atoms with Crippen molar-refractivity contribution in [3.05, 3.63) is 28.8 Å². The van der Waals surface area contributed by atoms with Gasteiger partial charge in [0.05, 0.1) is 10.7 Å². The first kappa shape index (κ1) is 13.1. The number of thioether (sulfide) groups is 1. The van der Waals surface area contributed by atoms with Crippen molar-refractivity contribution in [1.29, 1.82) is 0 Å². The van der Waals surface area contributed by atoms with Crippen LogP contribution in [-0.4, -0.2) is 24.6 Å². The Morgan fingerprint density at radius 2 is 2.29 bits per heavy atom. The molecule has 0 spiro atoms. The fourth-order valence-corrected chi connectivity index (χ4v) is 3.71. The van der Waals surface area contributed by atoms with Gasteiger partial charge in [-0.05, 0) is 36.8 Å². The summed E-state index contributed by atoms with van der Waals surface area (Å²) >= 11 is 8.36. The molecule has 1 saturated heterocycles. The second kappa shape index (κ2) is 5.51. The number of rotatable bonds is 3. The molecule has 17 heavy (non-hydrogen) atoms. The maximum Gasteiger partial charge on any atom is 0.0642 e. The van der Waals surface area contributed by atoms with Gasteiger partial charge in [0.1, 0.15) is 0 Å². The first-order valence-corrected chi connectivity index (χ1v) is 7.48. The zero-order chi connectivity index (χ0) is 12.4. The Morgan fingerprint density at radius 1 is 1.53 bits per heavy atom. The zero-order valence-electron chi connectivity index (χ0n) is 10.3. The van der Waals surface area contributed by atoms with Crippen molar-refractivity contribution >= 4 is 29.1 Å². The fourth-order valence-electron chi connectivity index (χ4n) is 2.12. The Hall–Kier alpha value is -0.380. The number of nitrogens with two attached hydrogens (primary N) is 1. The molecule has 2 unspecified atom stereocenters. The van der Waals surface area contributed by atoms with Crippen LogP contribution in [-0.2, 0) is 0 Å². The van der Waals surface area contributed by atoms with E-state index in [4.69, 9.17) is 17.3 Å². The van der Waals surface area contributed by atoms with E-state index >= 15 is 0 Å². The summed E-state index contributed by atoms with van der Waals surface area (Å²) in [5, 5.41) is 0.805. The van der Waals surface area contributed by atoms with E-state index in [1.165, 1.54) is 17.9 Å². The highest BCUT2D eigenvalue weighted by molar-refractivity contribution is 7.99. The molecule has 0 saturated carbocycles. The van der Waals surface area contributed by atoms with Crippen molar-refractivity contribution in [1.82, 2.24) is 0 Å². The number of hydrogen-bond acceptors (Lipinski definition) is 3. The molecule has 0 amide bonds. The molecule has 94 valence electrons. The third-order valence-corrected chi connectivity index (χ3v) is 4.78. The number of anilines is 1. The van der Waals surface area contributed by atoms with Crippen molar-refractivity contribution in [3.8, 4) is 0 Å². The molecular formula is C13H19ClN2S. The third-order valence-electron chi connectivity index (χ3n) is 3.33. The fraction of sp³-hybridized carbons (Fsp3) is 0.538. The Balaban J connectivity index is 2.20. The zero-order valence-corrected chi connectivity index (χ0v) is 11.9. The van der Waals surface area contributed by atoms with Gasteiger partial charge in [-0.2, -0.15) is 11.8 Å². The highest BCUT2D eigenvalue weighted by Gasteiger charge is 2.21. The van der Waals surface area contributed by atoms with E-state index in [0.717, 1.165) is 16.3 Å². The van der Waals surface area contributed by atoms with E-state index in [2.05, 4.69) is 24.1 Å². The SMILES string of the molecule is CC(N)c1ccc(N(C)C2CCSC2)c(Cl)c1. The van der Waals surface area contributed by atoms with Crippen molar-refractivity contribution in [3.63, 3.8) is 0 Å². The van der Waals surface area contributed by atoms with Gasteiger partial charge in [0, 0.05) is 24.9 Å². The Morgan fingerprint density at radius 3 is 2.82 bits per heavy atom. The average molecular weight is 271 g/mol. The Kier molecular flexibility index (Phi) is 4.23. The standard InChI is InChI=1S/C13H19ClN2S/c1-9(15)10-3-4-13(12(14)7-10)16(2)11-5-6-17-8-11/h3-4,7,9,11H,5-6,8,15H2,1-2H3. The minimum absolute atomic E-state index is 0.0360. The minimum Gasteiger partial charge on any atom is -0.370 e. The first-order chi connectivity index (χ1) is 8.09. The van der Waals surface area contributed by atoms with E-state index in [1.54, 1.807) is 0 Å². The molecule has 1 aliphatic rings. The van der Waals surface area contributed by atoms with Gasteiger partial charge in [-0.3, -0.25) is 0 Å². The van der Waals surface area contributed by atoms with Gasteiger partial charge >= 0.3 is 0 Å². The summed E-state index contributed by atoms with van der Waals surface area (Å²) in [5.41, 5.74) is 8.06. The van der Waals surface area contributed by atoms with Crippen molar-refractivity contribution in [2.24, 2.45) is 5.73 Å². The predicted molar refractivity (Wildman–Crippen MR) is 78.2 cm³/mol. The molecule has 4 heteroatoms. The Labute approximate surface area is 113 Å². The minimum atomic E-state index is 0.0360. The average Bonchev–Trinajstić information content (AvgIpc) is 2.81. The lowest BCUT2D eigenvalue weighted by Gasteiger charge is -2.27. The maximum atomic E-state index is 6.34. The van der Waals surface area contributed by atoms with E-state index in [0.29, 0.717) is 6.04 Å². The second-order valence-electron chi connectivity index (χ2n) is 4.63. The van der Waals surface area contributed by atoms with Crippen LogP contribution in [0.4, 0.5) is 5.69 Å². The van der Waals surface area contributed by atoms with Crippen LogP contribution in [0, 0.1) is 0 Å². The van der Waals surface area contributed by atoms with E-state index in [9.17, 15) is 0 Å². The van der Waals surface area contributed by atoms with Gasteiger partial charge < -0.3 is 10.6 Å². The van der Waals surface area contributed by atoms with Gasteiger partial charge in [0.2, 0.25) is 0 Å². The van der Waals surface area contributed by atoms with Crippen LogP contribution >= 0.6 is 23.4 Å². The van der Waals surface area contributed by atoms with Crippen LogP contribution in [0.2, 0.25) is 5.02 Å². The quantitative estimate of drug-likeness (QED) is 0.914. The van der Waals surface area contributed by atoms with Crippen LogP contribution in [0.5, 0.6) is 0 Å². The third kappa shape index (κ3) is 2.90. The normalized spacial score (nSPS) is 21.5. The van der Waals surface area contributed by atoms with Crippen LogP contribution in [0.1, 0.15) is 24.9 Å². The summed E-state index contributed by atoms with van der Waals surface area (Å²) in [7, 11) is 2.13. The molecule has 2 atom stereocenters. The first-order valence-electron chi connectivity index (χ1n) is 5.95. The lowest BCUT2D eigenvalue weighted by Crippen LogP contribution is -2.31. The monoisotopic (exact) mass is 270 g/mol. The van der Waals surface area contributed by atoms with Crippen LogP contribution in [0.3, 0.4) is 0 Å². The summed E-state index contributed by atoms with van der Waals surface area (Å²) in [6.45, 7) is 1.97. The maximum absolute atomic E-state index is 6.34. The lowest BCUT2D eigenvalue weighted by atomic mass is 10.1. The van der Waals surface area contributed by atoms with Crippen LogP contribution in [0.25, 0.3) is 0 Å². The van der Waals surface area contributed by atoms with E-state index < -0.39 is 0 Å². The highest BCUT2D eigenvalue weighted by Crippen LogP contribution is 2.32. The van der Waals surface area contributed by atoms with E-state index in [1.807, 2.05) is 24.8 Å². The largest absolute Gasteiger partial charge is 0.370 e. The molecule has 0 aromatic heterocycles.